The summed E-state index contributed by atoms with van der Waals surface area (Å²) in [5, 5.41) is 7.17. The van der Waals surface area contributed by atoms with Crippen LogP contribution in [0, 0.1) is 5.92 Å². The SMILES string of the molecule is CCC(NC(=O)C1CC(C)CCN1)c1ccc(Cl)cc1. The molecule has 2 rings (SSSR count). The summed E-state index contributed by atoms with van der Waals surface area (Å²) < 4.78 is 0. The molecule has 1 aromatic rings. The van der Waals surface area contributed by atoms with Crippen LogP contribution in [-0.4, -0.2) is 18.5 Å². The van der Waals surface area contributed by atoms with Crippen LogP contribution in [0.4, 0.5) is 0 Å². The summed E-state index contributed by atoms with van der Waals surface area (Å²) in [6, 6.07) is 7.69. The summed E-state index contributed by atoms with van der Waals surface area (Å²) in [6.07, 6.45) is 2.94. The van der Waals surface area contributed by atoms with Gasteiger partial charge in [0.25, 0.3) is 0 Å². The van der Waals surface area contributed by atoms with E-state index in [9.17, 15) is 4.79 Å². The van der Waals surface area contributed by atoms with Crippen molar-refractivity contribution in [2.45, 2.75) is 45.2 Å². The van der Waals surface area contributed by atoms with Gasteiger partial charge in [0.2, 0.25) is 5.91 Å². The second kappa shape index (κ2) is 7.09. The molecule has 2 N–H and O–H groups in total. The van der Waals surface area contributed by atoms with Crippen LogP contribution in [0.25, 0.3) is 0 Å². The van der Waals surface area contributed by atoms with Crippen molar-refractivity contribution in [1.82, 2.24) is 10.6 Å². The molecule has 0 spiro atoms. The third-order valence-corrected chi connectivity index (χ3v) is 4.23. The van der Waals surface area contributed by atoms with Crippen LogP contribution >= 0.6 is 11.6 Å². The van der Waals surface area contributed by atoms with Gasteiger partial charge in [-0.1, -0.05) is 37.6 Å². The van der Waals surface area contributed by atoms with E-state index in [4.69, 9.17) is 11.6 Å². The standard InChI is InChI=1S/C16H23ClN2O/c1-3-14(12-4-6-13(17)7-5-12)19-16(20)15-10-11(2)8-9-18-15/h4-7,11,14-15,18H,3,8-10H2,1-2H3,(H,19,20). The lowest BCUT2D eigenvalue weighted by Crippen LogP contribution is -2.49. The number of carbonyl (C=O) groups excluding carboxylic acids is 1. The van der Waals surface area contributed by atoms with E-state index in [2.05, 4.69) is 24.5 Å². The number of hydrogen-bond donors (Lipinski definition) is 2. The molecular formula is C16H23ClN2O. The zero-order valence-electron chi connectivity index (χ0n) is 12.2. The minimum atomic E-state index is -0.0555. The molecule has 0 bridgehead atoms. The molecule has 0 aliphatic carbocycles. The van der Waals surface area contributed by atoms with Crippen molar-refractivity contribution >= 4 is 17.5 Å². The molecule has 3 atom stereocenters. The molecule has 1 aliphatic heterocycles. The number of halogens is 1. The lowest BCUT2D eigenvalue weighted by atomic mass is 9.93. The average Bonchev–Trinajstić information content (AvgIpc) is 2.45. The van der Waals surface area contributed by atoms with Crippen LogP contribution in [0.3, 0.4) is 0 Å². The summed E-state index contributed by atoms with van der Waals surface area (Å²) in [6.45, 7) is 5.21. The molecular weight excluding hydrogens is 272 g/mol. The quantitative estimate of drug-likeness (QED) is 0.894. The third kappa shape index (κ3) is 3.97. The lowest BCUT2D eigenvalue weighted by molar-refractivity contribution is -0.124. The van der Waals surface area contributed by atoms with Gasteiger partial charge in [0, 0.05) is 5.02 Å². The zero-order chi connectivity index (χ0) is 14.5. The van der Waals surface area contributed by atoms with Crippen LogP contribution < -0.4 is 10.6 Å². The topological polar surface area (TPSA) is 41.1 Å². The van der Waals surface area contributed by atoms with Gasteiger partial charge in [0.1, 0.15) is 0 Å². The number of piperidine rings is 1. The Kier molecular flexibility index (Phi) is 5.44. The van der Waals surface area contributed by atoms with E-state index >= 15 is 0 Å². The van der Waals surface area contributed by atoms with E-state index in [1.165, 1.54) is 0 Å². The molecule has 1 aliphatic rings. The maximum Gasteiger partial charge on any atom is 0.237 e. The Morgan fingerprint density at radius 1 is 1.45 bits per heavy atom. The highest BCUT2D eigenvalue weighted by Crippen LogP contribution is 2.21. The summed E-state index contributed by atoms with van der Waals surface area (Å²) in [5.41, 5.74) is 1.11. The van der Waals surface area contributed by atoms with E-state index in [1.54, 1.807) is 0 Å². The van der Waals surface area contributed by atoms with Gasteiger partial charge in [-0.05, 0) is 49.4 Å². The van der Waals surface area contributed by atoms with Crippen molar-refractivity contribution in [3.63, 3.8) is 0 Å². The predicted molar refractivity (Wildman–Crippen MR) is 82.8 cm³/mol. The number of nitrogens with one attached hydrogen (secondary N) is 2. The number of rotatable bonds is 4. The van der Waals surface area contributed by atoms with Gasteiger partial charge >= 0.3 is 0 Å². The molecule has 0 saturated carbocycles. The molecule has 3 nitrogen and oxygen atoms in total. The Morgan fingerprint density at radius 2 is 2.15 bits per heavy atom. The molecule has 1 saturated heterocycles. The second-order valence-electron chi connectivity index (χ2n) is 5.66. The van der Waals surface area contributed by atoms with E-state index in [0.717, 1.165) is 36.4 Å². The molecule has 110 valence electrons. The molecule has 4 heteroatoms. The minimum Gasteiger partial charge on any atom is -0.348 e. The first kappa shape index (κ1) is 15.3. The van der Waals surface area contributed by atoms with Gasteiger partial charge in [-0.15, -0.1) is 0 Å². The fraction of sp³-hybridized carbons (Fsp3) is 0.562. The van der Waals surface area contributed by atoms with E-state index in [1.807, 2.05) is 24.3 Å². The molecule has 1 amide bonds. The summed E-state index contributed by atoms with van der Waals surface area (Å²) in [5.74, 6) is 0.723. The molecule has 3 unspecified atom stereocenters. The Morgan fingerprint density at radius 3 is 2.75 bits per heavy atom. The normalized spacial score (nSPS) is 24.1. The lowest BCUT2D eigenvalue weighted by Gasteiger charge is -2.29. The van der Waals surface area contributed by atoms with Crippen LogP contribution in [-0.2, 0) is 4.79 Å². The van der Waals surface area contributed by atoms with Crippen LogP contribution in [0.5, 0.6) is 0 Å². The summed E-state index contributed by atoms with van der Waals surface area (Å²) >= 11 is 5.91. The summed E-state index contributed by atoms with van der Waals surface area (Å²) in [4.78, 5) is 12.4. The van der Waals surface area contributed by atoms with Crippen LogP contribution in [0.1, 0.15) is 44.7 Å². The number of benzene rings is 1. The largest absolute Gasteiger partial charge is 0.348 e. The zero-order valence-corrected chi connectivity index (χ0v) is 12.9. The maximum absolute atomic E-state index is 12.4. The van der Waals surface area contributed by atoms with Crippen LogP contribution in [0.2, 0.25) is 5.02 Å². The van der Waals surface area contributed by atoms with Crippen LogP contribution in [0.15, 0.2) is 24.3 Å². The van der Waals surface area contributed by atoms with Gasteiger partial charge in [0.05, 0.1) is 12.1 Å². The van der Waals surface area contributed by atoms with E-state index in [0.29, 0.717) is 5.92 Å². The highest BCUT2D eigenvalue weighted by Gasteiger charge is 2.26. The van der Waals surface area contributed by atoms with Crippen molar-refractivity contribution in [3.05, 3.63) is 34.9 Å². The molecule has 1 aromatic carbocycles. The van der Waals surface area contributed by atoms with Gasteiger partial charge in [0.15, 0.2) is 0 Å². The Balaban J connectivity index is 1.98. The van der Waals surface area contributed by atoms with Crippen molar-refractivity contribution in [3.8, 4) is 0 Å². The number of carbonyl (C=O) groups is 1. The molecule has 1 heterocycles. The van der Waals surface area contributed by atoms with Gasteiger partial charge in [-0.2, -0.15) is 0 Å². The first-order chi connectivity index (χ1) is 9.60. The minimum absolute atomic E-state index is 0.0544. The van der Waals surface area contributed by atoms with Gasteiger partial charge in [-0.3, -0.25) is 4.79 Å². The Bertz CT molecular complexity index is 446. The molecule has 20 heavy (non-hydrogen) atoms. The first-order valence-electron chi connectivity index (χ1n) is 7.39. The number of amides is 1. The van der Waals surface area contributed by atoms with Crippen molar-refractivity contribution < 1.29 is 4.79 Å². The second-order valence-corrected chi connectivity index (χ2v) is 6.09. The monoisotopic (exact) mass is 294 g/mol. The van der Waals surface area contributed by atoms with E-state index < -0.39 is 0 Å². The summed E-state index contributed by atoms with van der Waals surface area (Å²) in [7, 11) is 0. The fourth-order valence-corrected chi connectivity index (χ4v) is 2.82. The molecule has 1 fully saturated rings. The predicted octanol–water partition coefficient (Wildman–Crippen LogP) is 3.30. The Labute approximate surface area is 126 Å². The number of hydrogen-bond acceptors (Lipinski definition) is 2. The van der Waals surface area contributed by atoms with Gasteiger partial charge in [-0.25, -0.2) is 0 Å². The highest BCUT2D eigenvalue weighted by atomic mass is 35.5. The highest BCUT2D eigenvalue weighted by molar-refractivity contribution is 6.30. The fourth-order valence-electron chi connectivity index (χ4n) is 2.70. The van der Waals surface area contributed by atoms with Crippen molar-refractivity contribution in [2.24, 2.45) is 5.92 Å². The maximum atomic E-state index is 12.4. The molecule has 0 aromatic heterocycles. The first-order valence-corrected chi connectivity index (χ1v) is 7.77. The van der Waals surface area contributed by atoms with Crippen molar-refractivity contribution in [2.75, 3.05) is 6.54 Å². The van der Waals surface area contributed by atoms with E-state index in [-0.39, 0.29) is 18.0 Å². The molecule has 0 radical (unpaired) electrons. The van der Waals surface area contributed by atoms with Crippen molar-refractivity contribution in [1.29, 1.82) is 0 Å². The smallest absolute Gasteiger partial charge is 0.237 e. The van der Waals surface area contributed by atoms with Gasteiger partial charge < -0.3 is 10.6 Å². The average molecular weight is 295 g/mol. The third-order valence-electron chi connectivity index (χ3n) is 3.98. The Hall–Kier alpha value is -1.06.